The van der Waals surface area contributed by atoms with Gasteiger partial charge < -0.3 is 11.1 Å². The molecule has 0 fully saturated rings. The van der Waals surface area contributed by atoms with Crippen molar-refractivity contribution in [1.82, 2.24) is 10.3 Å². The highest BCUT2D eigenvalue weighted by atomic mass is 16.2. The molecule has 2 aromatic rings. The van der Waals surface area contributed by atoms with E-state index in [-0.39, 0.29) is 11.4 Å². The molecule has 0 unspecified atom stereocenters. The molecule has 1 amide bonds. The number of rotatable bonds is 5. The minimum atomic E-state index is -0.306. The number of carbonyl (C=O) groups is 1. The van der Waals surface area contributed by atoms with E-state index in [9.17, 15) is 4.79 Å². The zero-order valence-corrected chi connectivity index (χ0v) is 12.5. The third kappa shape index (κ3) is 4.60. The number of nitrogen functional groups attached to an aromatic ring is 1. The summed E-state index contributed by atoms with van der Waals surface area (Å²) in [6.45, 7) is 4.03. The Morgan fingerprint density at radius 2 is 1.95 bits per heavy atom. The number of carbonyl (C=O) groups excluding carboxylic acids is 1. The molecule has 1 aromatic carbocycles. The first-order valence-electron chi connectivity index (χ1n) is 7.04. The summed E-state index contributed by atoms with van der Waals surface area (Å²) in [7, 11) is 0. The lowest BCUT2D eigenvalue weighted by Crippen LogP contribution is -2.44. The number of hydrogen-bond donors (Lipinski definition) is 2. The van der Waals surface area contributed by atoms with E-state index in [1.165, 1.54) is 5.56 Å². The van der Waals surface area contributed by atoms with Gasteiger partial charge >= 0.3 is 0 Å². The maximum Gasteiger partial charge on any atom is 0.270 e. The standard InChI is InChI=1S/C17H21N3O/c1-17(2,10-8-13-6-4-3-5-7-13)20-16(21)15-12-14(18)9-11-19-15/h3-7,9,11-12H,8,10H2,1-2H3,(H2,18,19)(H,20,21). The fraction of sp³-hybridized carbons (Fsp3) is 0.294. The monoisotopic (exact) mass is 283 g/mol. The van der Waals surface area contributed by atoms with Crippen LogP contribution in [0.3, 0.4) is 0 Å². The summed E-state index contributed by atoms with van der Waals surface area (Å²) >= 11 is 0. The third-order valence-corrected chi connectivity index (χ3v) is 3.35. The van der Waals surface area contributed by atoms with Gasteiger partial charge in [-0.3, -0.25) is 9.78 Å². The first kappa shape index (κ1) is 15.0. The lowest BCUT2D eigenvalue weighted by Gasteiger charge is -2.26. The molecule has 0 spiro atoms. The first-order valence-corrected chi connectivity index (χ1v) is 7.04. The number of nitrogens with zero attached hydrogens (tertiary/aromatic N) is 1. The number of pyridine rings is 1. The number of aromatic nitrogens is 1. The van der Waals surface area contributed by atoms with Crippen LogP contribution in [0.25, 0.3) is 0 Å². The van der Waals surface area contributed by atoms with E-state index in [0.717, 1.165) is 12.8 Å². The van der Waals surface area contributed by atoms with Crippen LogP contribution in [0.4, 0.5) is 5.69 Å². The van der Waals surface area contributed by atoms with Crippen molar-refractivity contribution in [2.24, 2.45) is 0 Å². The highest BCUT2D eigenvalue weighted by molar-refractivity contribution is 5.93. The number of hydrogen-bond acceptors (Lipinski definition) is 3. The highest BCUT2D eigenvalue weighted by Gasteiger charge is 2.21. The number of benzene rings is 1. The molecule has 3 N–H and O–H groups in total. The van der Waals surface area contributed by atoms with Crippen molar-refractivity contribution in [2.45, 2.75) is 32.2 Å². The van der Waals surface area contributed by atoms with Crippen LogP contribution in [-0.2, 0) is 6.42 Å². The van der Waals surface area contributed by atoms with E-state index < -0.39 is 0 Å². The first-order chi connectivity index (χ1) is 9.96. The topological polar surface area (TPSA) is 68.0 Å². The summed E-state index contributed by atoms with van der Waals surface area (Å²) in [5.74, 6) is -0.194. The Labute approximate surface area is 125 Å². The molecule has 0 aliphatic rings. The van der Waals surface area contributed by atoms with Gasteiger partial charge in [-0.1, -0.05) is 30.3 Å². The van der Waals surface area contributed by atoms with Gasteiger partial charge in [-0.05, 0) is 44.4 Å². The Morgan fingerprint density at radius 3 is 2.62 bits per heavy atom. The van der Waals surface area contributed by atoms with Gasteiger partial charge in [-0.25, -0.2) is 0 Å². The van der Waals surface area contributed by atoms with Gasteiger partial charge in [0, 0.05) is 17.4 Å². The lowest BCUT2D eigenvalue weighted by atomic mass is 9.95. The second-order valence-corrected chi connectivity index (χ2v) is 5.80. The molecule has 110 valence electrons. The van der Waals surface area contributed by atoms with Crippen molar-refractivity contribution in [3.05, 3.63) is 59.9 Å². The maximum absolute atomic E-state index is 12.2. The van der Waals surface area contributed by atoms with Crippen LogP contribution in [0.5, 0.6) is 0 Å². The van der Waals surface area contributed by atoms with Gasteiger partial charge in [0.25, 0.3) is 5.91 Å². The molecule has 0 radical (unpaired) electrons. The molecule has 0 aliphatic heterocycles. The predicted octanol–water partition coefficient (Wildman–Crippen LogP) is 2.81. The Hall–Kier alpha value is -2.36. The average molecular weight is 283 g/mol. The molecule has 4 nitrogen and oxygen atoms in total. The van der Waals surface area contributed by atoms with Crippen LogP contribution in [0, 0.1) is 0 Å². The minimum Gasteiger partial charge on any atom is -0.399 e. The summed E-state index contributed by atoms with van der Waals surface area (Å²) in [6.07, 6.45) is 3.31. The summed E-state index contributed by atoms with van der Waals surface area (Å²) in [4.78, 5) is 16.2. The van der Waals surface area contributed by atoms with Crippen LogP contribution in [0.2, 0.25) is 0 Å². The Bertz CT molecular complexity index is 608. The van der Waals surface area contributed by atoms with E-state index in [1.807, 2.05) is 32.0 Å². The number of aryl methyl sites for hydroxylation is 1. The fourth-order valence-electron chi connectivity index (χ4n) is 2.11. The summed E-state index contributed by atoms with van der Waals surface area (Å²) in [5.41, 5.74) is 7.52. The number of nitrogens with one attached hydrogen (secondary N) is 1. The van der Waals surface area contributed by atoms with Gasteiger partial charge in [0.1, 0.15) is 5.69 Å². The Balaban J connectivity index is 1.95. The second kappa shape index (κ2) is 6.39. The molecule has 0 aliphatic carbocycles. The normalized spacial score (nSPS) is 11.1. The molecular formula is C17H21N3O. The molecule has 0 saturated heterocycles. The van der Waals surface area contributed by atoms with E-state index in [2.05, 4.69) is 22.4 Å². The van der Waals surface area contributed by atoms with Crippen molar-refractivity contribution in [3.8, 4) is 0 Å². The highest BCUT2D eigenvalue weighted by Crippen LogP contribution is 2.14. The molecule has 2 rings (SSSR count). The van der Waals surface area contributed by atoms with Gasteiger partial charge in [0.15, 0.2) is 0 Å². The maximum atomic E-state index is 12.2. The predicted molar refractivity (Wildman–Crippen MR) is 85.0 cm³/mol. The zero-order valence-electron chi connectivity index (χ0n) is 12.5. The Kier molecular flexibility index (Phi) is 4.58. The summed E-state index contributed by atoms with van der Waals surface area (Å²) in [5, 5.41) is 3.01. The smallest absolute Gasteiger partial charge is 0.270 e. The molecule has 4 heteroatoms. The SMILES string of the molecule is CC(C)(CCc1ccccc1)NC(=O)c1cc(N)ccn1. The van der Waals surface area contributed by atoms with E-state index >= 15 is 0 Å². The van der Waals surface area contributed by atoms with Crippen molar-refractivity contribution >= 4 is 11.6 Å². The minimum absolute atomic E-state index is 0.194. The lowest BCUT2D eigenvalue weighted by molar-refractivity contribution is 0.0904. The van der Waals surface area contributed by atoms with Crippen molar-refractivity contribution < 1.29 is 4.79 Å². The molecule has 0 saturated carbocycles. The van der Waals surface area contributed by atoms with Crippen LogP contribution >= 0.6 is 0 Å². The summed E-state index contributed by atoms with van der Waals surface area (Å²) < 4.78 is 0. The van der Waals surface area contributed by atoms with E-state index in [0.29, 0.717) is 11.4 Å². The molecule has 0 atom stereocenters. The van der Waals surface area contributed by atoms with Crippen LogP contribution < -0.4 is 11.1 Å². The van der Waals surface area contributed by atoms with Crippen molar-refractivity contribution in [1.29, 1.82) is 0 Å². The zero-order chi connectivity index (χ0) is 15.3. The molecule has 1 aromatic heterocycles. The second-order valence-electron chi connectivity index (χ2n) is 5.80. The van der Waals surface area contributed by atoms with E-state index in [1.54, 1.807) is 18.3 Å². The molecule has 0 bridgehead atoms. The van der Waals surface area contributed by atoms with Crippen molar-refractivity contribution in [3.63, 3.8) is 0 Å². The molecular weight excluding hydrogens is 262 g/mol. The third-order valence-electron chi connectivity index (χ3n) is 3.35. The number of nitrogens with two attached hydrogens (primary N) is 1. The molecule has 21 heavy (non-hydrogen) atoms. The van der Waals surface area contributed by atoms with Gasteiger partial charge in [0.05, 0.1) is 0 Å². The van der Waals surface area contributed by atoms with Crippen LogP contribution in [0.15, 0.2) is 48.7 Å². The fourth-order valence-corrected chi connectivity index (χ4v) is 2.11. The van der Waals surface area contributed by atoms with Crippen molar-refractivity contribution in [2.75, 3.05) is 5.73 Å². The van der Waals surface area contributed by atoms with Gasteiger partial charge in [-0.15, -0.1) is 0 Å². The quantitative estimate of drug-likeness (QED) is 0.886. The summed E-state index contributed by atoms with van der Waals surface area (Å²) in [6, 6.07) is 13.5. The van der Waals surface area contributed by atoms with Crippen LogP contribution in [0.1, 0.15) is 36.3 Å². The average Bonchev–Trinajstić information content (AvgIpc) is 2.46. The van der Waals surface area contributed by atoms with Gasteiger partial charge in [0.2, 0.25) is 0 Å². The van der Waals surface area contributed by atoms with Crippen LogP contribution in [-0.4, -0.2) is 16.4 Å². The van der Waals surface area contributed by atoms with E-state index in [4.69, 9.17) is 5.73 Å². The largest absolute Gasteiger partial charge is 0.399 e. The van der Waals surface area contributed by atoms with Gasteiger partial charge in [-0.2, -0.15) is 0 Å². The number of anilines is 1. The molecule has 1 heterocycles. The Morgan fingerprint density at radius 1 is 1.24 bits per heavy atom. The number of amides is 1.